The molecule has 31 heavy (non-hydrogen) atoms. The lowest BCUT2D eigenvalue weighted by molar-refractivity contribution is -0.133. The van der Waals surface area contributed by atoms with Crippen LogP contribution in [-0.2, 0) is 9.53 Å². The van der Waals surface area contributed by atoms with Gasteiger partial charge in [0.2, 0.25) is 0 Å². The molecule has 0 heterocycles. The first-order valence-corrected chi connectivity index (χ1v) is 12.3. The molecule has 0 amide bonds. The van der Waals surface area contributed by atoms with Gasteiger partial charge in [-0.15, -0.1) is 11.8 Å². The Bertz CT molecular complexity index is 532. The van der Waals surface area contributed by atoms with Gasteiger partial charge in [0.25, 0.3) is 0 Å². The lowest BCUT2D eigenvalue weighted by Crippen LogP contribution is -2.14. The summed E-state index contributed by atoms with van der Waals surface area (Å²) in [6.45, 7) is 0.888. The summed E-state index contributed by atoms with van der Waals surface area (Å²) in [6.07, 6.45) is 20.1. The first-order valence-electron chi connectivity index (χ1n) is 11.1. The number of thioether (sulfide) groups is 1. The number of aliphatic hydroxyl groups excluding tert-OH is 3. The van der Waals surface area contributed by atoms with Crippen molar-refractivity contribution < 1.29 is 30.0 Å². The average molecular weight is 459 g/mol. The zero-order valence-corrected chi connectivity index (χ0v) is 19.9. The minimum Gasteiger partial charge on any atom is -0.494 e. The van der Waals surface area contributed by atoms with Gasteiger partial charge in [-0.25, -0.2) is 0 Å². The third-order valence-corrected chi connectivity index (χ3v) is 6.56. The van der Waals surface area contributed by atoms with Gasteiger partial charge in [0, 0.05) is 20.8 Å². The Hall–Kier alpha value is -1.28. The number of aliphatic hydroxyl groups is 3. The summed E-state index contributed by atoms with van der Waals surface area (Å²) in [5.74, 6) is 2.64. The largest absolute Gasteiger partial charge is 0.494 e. The normalized spacial score (nSPS) is 20.9. The molecule has 0 radical (unpaired) electrons. The number of hydrogen-bond donors (Lipinski definition) is 4. The molecule has 0 spiro atoms. The lowest BCUT2D eigenvalue weighted by atomic mass is 9.88. The van der Waals surface area contributed by atoms with Crippen molar-refractivity contribution >= 4 is 17.7 Å². The maximum absolute atomic E-state index is 10.6. The third-order valence-electron chi connectivity index (χ3n) is 5.40. The summed E-state index contributed by atoms with van der Waals surface area (Å²) >= 11 is 1.41. The molecule has 2 aliphatic rings. The van der Waals surface area contributed by atoms with Crippen molar-refractivity contribution in [2.45, 2.75) is 51.4 Å². The van der Waals surface area contributed by atoms with Gasteiger partial charge in [0.1, 0.15) is 5.76 Å². The number of carboxylic acid groups (broad SMARTS) is 1. The molecule has 0 aliphatic heterocycles. The lowest BCUT2D eigenvalue weighted by Gasteiger charge is -2.20. The van der Waals surface area contributed by atoms with Crippen LogP contribution >= 0.6 is 11.8 Å². The van der Waals surface area contributed by atoms with E-state index in [2.05, 4.69) is 30.4 Å². The quantitative estimate of drug-likeness (QED) is 0.244. The van der Waals surface area contributed by atoms with E-state index in [0.717, 1.165) is 64.4 Å². The second-order valence-corrected chi connectivity index (χ2v) is 8.57. The maximum atomic E-state index is 10.6. The topological polar surface area (TPSA) is 107 Å². The standard InChI is InChI=1S/C22H34O4S.2CH4O/c23-15-18(16-27-17-22(24)25)12-13-20-9-6-8-19(20)7-4-5-14-26-21-10-2-1-3-11-21;2*1-2/h2,4,7,10-11,18-20,23H,1,3,5-6,8-9,12-17H2,(H,24,25);2*2H,1H3/b7-4+;;/t18-,19-,20+;;/m0../s1. The van der Waals surface area contributed by atoms with E-state index < -0.39 is 5.97 Å². The van der Waals surface area contributed by atoms with Gasteiger partial charge in [-0.1, -0.05) is 24.6 Å². The summed E-state index contributed by atoms with van der Waals surface area (Å²) < 4.78 is 5.77. The van der Waals surface area contributed by atoms with E-state index in [1.165, 1.54) is 31.0 Å². The van der Waals surface area contributed by atoms with Crippen molar-refractivity contribution in [3.63, 3.8) is 0 Å². The molecule has 4 N–H and O–H groups in total. The molecule has 2 rings (SSSR count). The van der Waals surface area contributed by atoms with Gasteiger partial charge < -0.3 is 25.2 Å². The summed E-state index contributed by atoms with van der Waals surface area (Å²) in [4.78, 5) is 10.6. The van der Waals surface area contributed by atoms with Crippen LogP contribution in [0.15, 0.2) is 36.1 Å². The van der Waals surface area contributed by atoms with E-state index in [1.54, 1.807) is 0 Å². The molecular formula is C24H42O6S. The second kappa shape index (κ2) is 20.6. The molecular weight excluding hydrogens is 416 g/mol. The fourth-order valence-corrected chi connectivity index (χ4v) is 4.78. The van der Waals surface area contributed by atoms with Crippen LogP contribution in [0.3, 0.4) is 0 Å². The fraction of sp³-hybridized carbons (Fsp3) is 0.708. The Morgan fingerprint density at radius 1 is 1.26 bits per heavy atom. The van der Waals surface area contributed by atoms with Crippen molar-refractivity contribution in [2.24, 2.45) is 17.8 Å². The van der Waals surface area contributed by atoms with Gasteiger partial charge in [-0.05, 0) is 80.6 Å². The summed E-state index contributed by atoms with van der Waals surface area (Å²) in [5.41, 5.74) is 0. The molecule has 180 valence electrons. The van der Waals surface area contributed by atoms with Crippen molar-refractivity contribution in [3.8, 4) is 0 Å². The van der Waals surface area contributed by atoms with Crippen LogP contribution in [0, 0.1) is 17.8 Å². The summed E-state index contributed by atoms with van der Waals surface area (Å²) in [5, 5.41) is 32.3. The number of rotatable bonds is 13. The number of ether oxygens (including phenoxy) is 1. The molecule has 0 saturated heterocycles. The maximum Gasteiger partial charge on any atom is 0.313 e. The third kappa shape index (κ3) is 14.4. The average Bonchev–Trinajstić information content (AvgIpc) is 3.26. The van der Waals surface area contributed by atoms with E-state index in [4.69, 9.17) is 20.1 Å². The van der Waals surface area contributed by atoms with Crippen molar-refractivity contribution in [3.05, 3.63) is 36.1 Å². The zero-order chi connectivity index (χ0) is 23.3. The Kier molecular flexibility index (Phi) is 19.8. The SMILES string of the molecule is CO.CO.O=C(O)CSC[C@H](CO)CC[C@H]1CCC[C@@H]1/C=C/CCOC1=CCCC=C1. The molecule has 7 heteroatoms. The molecule has 1 fully saturated rings. The van der Waals surface area contributed by atoms with Crippen LogP contribution in [0.5, 0.6) is 0 Å². The highest BCUT2D eigenvalue weighted by Gasteiger charge is 2.25. The number of carboxylic acids is 1. The zero-order valence-electron chi connectivity index (χ0n) is 19.1. The Morgan fingerprint density at radius 3 is 2.68 bits per heavy atom. The molecule has 0 aromatic carbocycles. The van der Waals surface area contributed by atoms with Gasteiger partial charge in [-0.2, -0.15) is 0 Å². The van der Waals surface area contributed by atoms with Gasteiger partial charge in [0.15, 0.2) is 0 Å². The molecule has 3 atom stereocenters. The van der Waals surface area contributed by atoms with Crippen molar-refractivity contribution in [1.29, 1.82) is 0 Å². The number of aliphatic carboxylic acids is 1. The number of allylic oxidation sites excluding steroid dienone is 4. The van der Waals surface area contributed by atoms with Gasteiger partial charge in [-0.3, -0.25) is 4.79 Å². The van der Waals surface area contributed by atoms with Crippen LogP contribution < -0.4 is 0 Å². The van der Waals surface area contributed by atoms with E-state index >= 15 is 0 Å². The molecule has 0 unspecified atom stereocenters. The predicted octanol–water partition coefficient (Wildman–Crippen LogP) is 4.02. The Labute approximate surface area is 192 Å². The highest BCUT2D eigenvalue weighted by Crippen LogP contribution is 2.37. The summed E-state index contributed by atoms with van der Waals surface area (Å²) in [6, 6.07) is 0. The van der Waals surface area contributed by atoms with E-state index in [-0.39, 0.29) is 18.3 Å². The minimum absolute atomic E-state index is 0.125. The summed E-state index contributed by atoms with van der Waals surface area (Å²) in [7, 11) is 2.00. The molecule has 0 aromatic rings. The van der Waals surface area contributed by atoms with Crippen LogP contribution in [0.25, 0.3) is 0 Å². The van der Waals surface area contributed by atoms with Crippen LogP contribution in [0.1, 0.15) is 51.4 Å². The first-order chi connectivity index (χ1) is 15.2. The Morgan fingerprint density at radius 2 is 2.03 bits per heavy atom. The minimum atomic E-state index is -0.780. The highest BCUT2D eigenvalue weighted by atomic mass is 32.2. The number of hydrogen-bond acceptors (Lipinski definition) is 6. The van der Waals surface area contributed by atoms with E-state index in [9.17, 15) is 9.90 Å². The monoisotopic (exact) mass is 458 g/mol. The van der Waals surface area contributed by atoms with E-state index in [1.807, 2.05) is 0 Å². The molecule has 0 bridgehead atoms. The van der Waals surface area contributed by atoms with E-state index in [0.29, 0.717) is 11.8 Å². The Balaban J connectivity index is 0.00000212. The highest BCUT2D eigenvalue weighted by molar-refractivity contribution is 7.99. The van der Waals surface area contributed by atoms with Crippen molar-refractivity contribution in [2.75, 3.05) is 38.9 Å². The molecule has 1 saturated carbocycles. The predicted molar refractivity (Wildman–Crippen MR) is 128 cm³/mol. The van der Waals surface area contributed by atoms with Crippen LogP contribution in [-0.4, -0.2) is 65.3 Å². The first kappa shape index (κ1) is 29.7. The molecule has 6 nitrogen and oxygen atoms in total. The molecule has 0 aromatic heterocycles. The van der Waals surface area contributed by atoms with Gasteiger partial charge >= 0.3 is 5.97 Å². The number of carbonyl (C=O) groups is 1. The fourth-order valence-electron chi connectivity index (χ4n) is 3.88. The van der Waals surface area contributed by atoms with Crippen LogP contribution in [0.4, 0.5) is 0 Å². The second-order valence-electron chi connectivity index (χ2n) is 7.54. The van der Waals surface area contributed by atoms with Crippen molar-refractivity contribution in [1.82, 2.24) is 0 Å². The molecule has 2 aliphatic carbocycles. The van der Waals surface area contributed by atoms with Crippen LogP contribution in [0.2, 0.25) is 0 Å². The van der Waals surface area contributed by atoms with Gasteiger partial charge in [0.05, 0.1) is 12.4 Å². The smallest absolute Gasteiger partial charge is 0.313 e.